The standard InChI is InChI=1S/C14H24N2O2S/c1-13(9-10-14-7-5-4-6-8-14)15-11-12-19(17,18)16(2)3/h4-8,13,15H,9-12H2,1-3H3/t13-/m0/s1. The van der Waals surface area contributed by atoms with Crippen LogP contribution < -0.4 is 5.32 Å². The van der Waals surface area contributed by atoms with Crippen LogP contribution in [0.3, 0.4) is 0 Å². The van der Waals surface area contributed by atoms with E-state index in [4.69, 9.17) is 0 Å². The van der Waals surface area contributed by atoms with Crippen LogP contribution in [0, 0.1) is 0 Å². The van der Waals surface area contributed by atoms with Crippen LogP contribution in [0.15, 0.2) is 30.3 Å². The number of hydrogen-bond acceptors (Lipinski definition) is 3. The Morgan fingerprint density at radius 3 is 2.42 bits per heavy atom. The Morgan fingerprint density at radius 2 is 1.84 bits per heavy atom. The van der Waals surface area contributed by atoms with Gasteiger partial charge in [-0.2, -0.15) is 0 Å². The highest BCUT2D eigenvalue weighted by Crippen LogP contribution is 2.04. The minimum absolute atomic E-state index is 0.148. The van der Waals surface area contributed by atoms with Gasteiger partial charge in [-0.25, -0.2) is 12.7 Å². The fraction of sp³-hybridized carbons (Fsp3) is 0.571. The molecule has 1 rings (SSSR count). The van der Waals surface area contributed by atoms with Crippen molar-refractivity contribution in [1.82, 2.24) is 9.62 Å². The second kappa shape index (κ2) is 7.62. The van der Waals surface area contributed by atoms with Crippen molar-refractivity contribution in [3.8, 4) is 0 Å². The fourth-order valence-corrected chi connectivity index (χ4v) is 2.49. The maximum atomic E-state index is 11.6. The second-order valence-electron chi connectivity index (χ2n) is 4.98. The van der Waals surface area contributed by atoms with Gasteiger partial charge in [0.05, 0.1) is 5.75 Å². The molecule has 0 aliphatic rings. The van der Waals surface area contributed by atoms with Gasteiger partial charge in [-0.05, 0) is 25.3 Å². The summed E-state index contributed by atoms with van der Waals surface area (Å²) in [6, 6.07) is 10.6. The molecule has 0 saturated carbocycles. The van der Waals surface area contributed by atoms with E-state index in [1.54, 1.807) is 14.1 Å². The molecule has 0 aromatic heterocycles. The summed E-state index contributed by atoms with van der Waals surface area (Å²) in [6.07, 6.45) is 2.02. The van der Waals surface area contributed by atoms with E-state index in [1.807, 2.05) is 18.2 Å². The lowest BCUT2D eigenvalue weighted by atomic mass is 10.1. The lowest BCUT2D eigenvalue weighted by molar-refractivity contribution is 0.502. The van der Waals surface area contributed by atoms with Gasteiger partial charge >= 0.3 is 0 Å². The van der Waals surface area contributed by atoms with Crippen molar-refractivity contribution in [3.05, 3.63) is 35.9 Å². The summed E-state index contributed by atoms with van der Waals surface area (Å²) in [6.45, 7) is 2.59. The minimum atomic E-state index is -3.09. The summed E-state index contributed by atoms with van der Waals surface area (Å²) in [5.74, 6) is 0.148. The topological polar surface area (TPSA) is 49.4 Å². The van der Waals surface area contributed by atoms with Gasteiger partial charge in [0.2, 0.25) is 10.0 Å². The van der Waals surface area contributed by atoms with E-state index in [9.17, 15) is 8.42 Å². The second-order valence-corrected chi connectivity index (χ2v) is 7.28. The predicted molar refractivity (Wildman–Crippen MR) is 79.7 cm³/mol. The molecule has 0 heterocycles. The zero-order chi connectivity index (χ0) is 14.3. The summed E-state index contributed by atoms with van der Waals surface area (Å²) in [4.78, 5) is 0. The molecule has 0 spiro atoms. The molecule has 0 amide bonds. The zero-order valence-electron chi connectivity index (χ0n) is 12.0. The highest BCUT2D eigenvalue weighted by molar-refractivity contribution is 7.89. The van der Waals surface area contributed by atoms with Crippen LogP contribution in [-0.4, -0.2) is 45.2 Å². The van der Waals surface area contributed by atoms with Gasteiger partial charge in [0.25, 0.3) is 0 Å². The van der Waals surface area contributed by atoms with Crippen LogP contribution in [0.1, 0.15) is 18.9 Å². The highest BCUT2D eigenvalue weighted by atomic mass is 32.2. The van der Waals surface area contributed by atoms with Crippen LogP contribution in [0.4, 0.5) is 0 Å². The van der Waals surface area contributed by atoms with Crippen LogP contribution in [0.25, 0.3) is 0 Å². The summed E-state index contributed by atoms with van der Waals surface area (Å²) in [5.41, 5.74) is 1.32. The van der Waals surface area contributed by atoms with Crippen molar-refractivity contribution >= 4 is 10.0 Å². The fourth-order valence-electron chi connectivity index (χ4n) is 1.75. The molecule has 1 N–H and O–H groups in total. The lowest BCUT2D eigenvalue weighted by Crippen LogP contribution is -2.35. The van der Waals surface area contributed by atoms with E-state index in [2.05, 4.69) is 24.4 Å². The Balaban J connectivity index is 2.24. The van der Waals surface area contributed by atoms with E-state index >= 15 is 0 Å². The zero-order valence-corrected chi connectivity index (χ0v) is 12.8. The third-order valence-electron chi connectivity index (χ3n) is 3.12. The van der Waals surface area contributed by atoms with Crippen LogP contribution in [0.5, 0.6) is 0 Å². The molecular weight excluding hydrogens is 260 g/mol. The smallest absolute Gasteiger partial charge is 0.214 e. The van der Waals surface area contributed by atoms with Gasteiger partial charge < -0.3 is 5.32 Å². The Morgan fingerprint density at radius 1 is 1.21 bits per heavy atom. The molecule has 0 radical (unpaired) electrons. The number of sulfonamides is 1. The molecule has 0 bridgehead atoms. The number of nitrogens with zero attached hydrogens (tertiary/aromatic N) is 1. The number of rotatable bonds is 8. The van der Waals surface area contributed by atoms with Gasteiger partial charge in [-0.15, -0.1) is 0 Å². The quantitative estimate of drug-likeness (QED) is 0.787. The summed E-state index contributed by atoms with van der Waals surface area (Å²) < 4.78 is 24.4. The van der Waals surface area contributed by atoms with Crippen molar-refractivity contribution in [1.29, 1.82) is 0 Å². The lowest BCUT2D eigenvalue weighted by Gasteiger charge is -2.15. The Labute approximate surface area is 116 Å². The molecule has 108 valence electrons. The van der Waals surface area contributed by atoms with Crippen molar-refractivity contribution in [2.24, 2.45) is 0 Å². The molecule has 1 aromatic carbocycles. The van der Waals surface area contributed by atoms with Crippen molar-refractivity contribution in [3.63, 3.8) is 0 Å². The molecule has 0 saturated heterocycles. The van der Waals surface area contributed by atoms with E-state index in [-0.39, 0.29) is 5.75 Å². The molecular formula is C14H24N2O2S. The largest absolute Gasteiger partial charge is 0.313 e. The minimum Gasteiger partial charge on any atom is -0.313 e. The molecule has 0 unspecified atom stereocenters. The molecule has 0 aliphatic heterocycles. The summed E-state index contributed by atoms with van der Waals surface area (Å²) in [5, 5.41) is 3.26. The molecule has 0 aliphatic carbocycles. The molecule has 0 fully saturated rings. The van der Waals surface area contributed by atoms with Gasteiger partial charge in [-0.3, -0.25) is 0 Å². The molecule has 19 heavy (non-hydrogen) atoms. The van der Waals surface area contributed by atoms with Crippen LogP contribution in [0.2, 0.25) is 0 Å². The van der Waals surface area contributed by atoms with Gasteiger partial charge in [0, 0.05) is 26.7 Å². The number of aryl methyl sites for hydroxylation is 1. The Hall–Kier alpha value is -0.910. The molecule has 4 nitrogen and oxygen atoms in total. The normalized spacial score (nSPS) is 13.7. The first-order valence-corrected chi connectivity index (χ1v) is 8.20. The number of hydrogen-bond donors (Lipinski definition) is 1. The van der Waals surface area contributed by atoms with Gasteiger partial charge in [0.15, 0.2) is 0 Å². The predicted octanol–water partition coefficient (Wildman–Crippen LogP) is 1.49. The number of benzene rings is 1. The van der Waals surface area contributed by atoms with Crippen molar-refractivity contribution in [2.45, 2.75) is 25.8 Å². The summed E-state index contributed by atoms with van der Waals surface area (Å²) in [7, 11) is 0.0372. The van der Waals surface area contributed by atoms with Crippen molar-refractivity contribution < 1.29 is 8.42 Å². The average molecular weight is 284 g/mol. The Kier molecular flexibility index (Phi) is 6.48. The third-order valence-corrected chi connectivity index (χ3v) is 4.95. The van der Waals surface area contributed by atoms with Crippen LogP contribution >= 0.6 is 0 Å². The maximum absolute atomic E-state index is 11.6. The Bertz CT molecular complexity index is 458. The monoisotopic (exact) mass is 284 g/mol. The van der Waals surface area contributed by atoms with E-state index < -0.39 is 10.0 Å². The molecule has 1 atom stereocenters. The summed E-state index contributed by atoms with van der Waals surface area (Å²) >= 11 is 0. The average Bonchev–Trinajstić information content (AvgIpc) is 2.37. The van der Waals surface area contributed by atoms with Gasteiger partial charge in [-0.1, -0.05) is 30.3 Å². The van der Waals surface area contributed by atoms with Gasteiger partial charge in [0.1, 0.15) is 0 Å². The molecule has 1 aromatic rings. The van der Waals surface area contributed by atoms with Crippen LogP contribution in [-0.2, 0) is 16.4 Å². The van der Waals surface area contributed by atoms with E-state index in [0.717, 1.165) is 12.8 Å². The van der Waals surface area contributed by atoms with E-state index in [0.29, 0.717) is 12.6 Å². The number of nitrogens with one attached hydrogen (secondary N) is 1. The first-order valence-electron chi connectivity index (χ1n) is 6.59. The first-order chi connectivity index (χ1) is 8.92. The SMILES string of the molecule is C[C@@H](CCc1ccccc1)NCCS(=O)(=O)N(C)C. The third kappa shape index (κ3) is 6.18. The first kappa shape index (κ1) is 16.1. The van der Waals surface area contributed by atoms with Crippen molar-refractivity contribution in [2.75, 3.05) is 26.4 Å². The maximum Gasteiger partial charge on any atom is 0.214 e. The highest BCUT2D eigenvalue weighted by Gasteiger charge is 2.13. The van der Waals surface area contributed by atoms with E-state index in [1.165, 1.54) is 9.87 Å². The molecule has 5 heteroatoms.